The fourth-order valence-electron chi connectivity index (χ4n) is 4.12. The predicted octanol–water partition coefficient (Wildman–Crippen LogP) is 5.86. The van der Waals surface area contributed by atoms with Gasteiger partial charge < -0.3 is 20.2 Å². The normalized spacial score (nSPS) is 11.7. The molecule has 2 amide bonds. The number of carbonyl (C=O) groups is 2. The van der Waals surface area contributed by atoms with Gasteiger partial charge >= 0.3 is 6.18 Å². The summed E-state index contributed by atoms with van der Waals surface area (Å²) in [7, 11) is 1.64. The van der Waals surface area contributed by atoms with Crippen LogP contribution in [0, 0.1) is 13.8 Å². The quantitative estimate of drug-likeness (QED) is 0.253. The smallest absolute Gasteiger partial charge is 0.433 e. The van der Waals surface area contributed by atoms with E-state index in [1.807, 2.05) is 25.1 Å². The lowest BCUT2D eigenvalue weighted by molar-refractivity contribution is -0.140. The molecule has 4 aromatic heterocycles. The molecule has 1 aromatic carbocycles. The highest BCUT2D eigenvalue weighted by Crippen LogP contribution is 2.44. The van der Waals surface area contributed by atoms with Crippen LogP contribution in [0.4, 0.5) is 18.9 Å². The molecule has 0 bridgehead atoms. The summed E-state index contributed by atoms with van der Waals surface area (Å²) in [5.41, 5.74) is 6.39. The lowest BCUT2D eigenvalue weighted by Gasteiger charge is -2.12. The number of ether oxygens (including phenoxy) is 1. The van der Waals surface area contributed by atoms with Crippen molar-refractivity contribution in [1.82, 2.24) is 14.8 Å². The molecule has 5 aromatic rings. The second kappa shape index (κ2) is 10.2. The van der Waals surface area contributed by atoms with Crippen LogP contribution in [0.3, 0.4) is 0 Å². The van der Waals surface area contributed by atoms with Gasteiger partial charge in [0.2, 0.25) is 0 Å². The number of rotatable bonds is 7. The van der Waals surface area contributed by atoms with Crippen LogP contribution in [0.15, 0.2) is 53.1 Å². The van der Waals surface area contributed by atoms with E-state index in [0.29, 0.717) is 34.1 Å². The lowest BCUT2D eigenvalue weighted by atomic mass is 10.0. The predicted molar refractivity (Wildman–Crippen MR) is 142 cm³/mol. The number of aryl methyl sites for hydroxylation is 2. The summed E-state index contributed by atoms with van der Waals surface area (Å²) in [5.74, 6) is -0.788. The number of pyridine rings is 1. The minimum absolute atomic E-state index is 0.0548. The monoisotopic (exact) mass is 569 g/mol. The minimum atomic E-state index is -4.76. The molecule has 0 saturated carbocycles. The number of carbonyl (C=O) groups excluding carboxylic acids is 2. The number of alkyl halides is 3. The molecule has 0 aliphatic rings. The second-order valence-electron chi connectivity index (χ2n) is 9.00. The summed E-state index contributed by atoms with van der Waals surface area (Å²) in [6, 6.07) is 11.3. The van der Waals surface area contributed by atoms with Gasteiger partial charge in [0.15, 0.2) is 5.76 Å². The van der Waals surface area contributed by atoms with Crippen molar-refractivity contribution < 1.29 is 31.9 Å². The average molecular weight is 570 g/mol. The van der Waals surface area contributed by atoms with Gasteiger partial charge in [-0.05, 0) is 55.3 Å². The molecule has 9 nitrogen and oxygen atoms in total. The molecule has 5 rings (SSSR count). The molecule has 3 N–H and O–H groups in total. The fourth-order valence-corrected chi connectivity index (χ4v) is 5.13. The van der Waals surface area contributed by atoms with E-state index < -0.39 is 23.7 Å². The summed E-state index contributed by atoms with van der Waals surface area (Å²) in [6.07, 6.45) is -3.35. The number of nitrogens with two attached hydrogens (primary N) is 1. The fraction of sp³-hybridized carbons (Fsp3) is 0.185. The van der Waals surface area contributed by atoms with Crippen molar-refractivity contribution in [2.24, 2.45) is 12.8 Å². The Labute approximate surface area is 229 Å². The first-order chi connectivity index (χ1) is 18.9. The van der Waals surface area contributed by atoms with Gasteiger partial charge in [0.1, 0.15) is 33.5 Å². The molecule has 13 heteroatoms. The van der Waals surface area contributed by atoms with Gasteiger partial charge in [0, 0.05) is 23.7 Å². The molecule has 4 heterocycles. The topological polar surface area (TPSA) is 125 Å². The summed E-state index contributed by atoms with van der Waals surface area (Å²) in [6.45, 7) is 3.67. The summed E-state index contributed by atoms with van der Waals surface area (Å²) < 4.78 is 54.1. The molecule has 0 unspecified atom stereocenters. The number of thiophene rings is 1. The highest BCUT2D eigenvalue weighted by molar-refractivity contribution is 7.21. The number of amides is 2. The number of nitrogens with one attached hydrogen (secondary N) is 1. The third-order valence-electron chi connectivity index (χ3n) is 6.20. The molecule has 40 heavy (non-hydrogen) atoms. The van der Waals surface area contributed by atoms with Gasteiger partial charge in [-0.2, -0.15) is 18.3 Å². The first-order valence-corrected chi connectivity index (χ1v) is 12.7. The number of fused-ring (bicyclic) bond motifs is 1. The van der Waals surface area contributed by atoms with Gasteiger partial charge in [-0.15, -0.1) is 11.3 Å². The van der Waals surface area contributed by atoms with Crippen molar-refractivity contribution >= 4 is 39.1 Å². The zero-order valence-electron chi connectivity index (χ0n) is 21.4. The van der Waals surface area contributed by atoms with Crippen LogP contribution in [0.1, 0.15) is 42.9 Å². The summed E-state index contributed by atoms with van der Waals surface area (Å²) >= 11 is 0.655. The molecular weight excluding hydrogens is 547 g/mol. The molecule has 0 atom stereocenters. The maximum Gasteiger partial charge on any atom is 0.433 e. The van der Waals surface area contributed by atoms with E-state index in [2.05, 4.69) is 15.4 Å². The molecule has 0 radical (unpaired) electrons. The van der Waals surface area contributed by atoms with Crippen LogP contribution in [0.5, 0.6) is 5.75 Å². The highest BCUT2D eigenvalue weighted by atomic mass is 32.1. The Kier molecular flexibility index (Phi) is 6.84. The number of anilines is 1. The Morgan fingerprint density at radius 3 is 2.58 bits per heavy atom. The second-order valence-corrected chi connectivity index (χ2v) is 10.00. The Morgan fingerprint density at radius 1 is 1.15 bits per heavy atom. The van der Waals surface area contributed by atoms with E-state index >= 15 is 0 Å². The van der Waals surface area contributed by atoms with Gasteiger partial charge in [0.25, 0.3) is 11.8 Å². The van der Waals surface area contributed by atoms with E-state index in [9.17, 15) is 22.8 Å². The number of halogens is 3. The summed E-state index contributed by atoms with van der Waals surface area (Å²) in [5, 5.41) is 6.87. The average Bonchev–Trinajstić information content (AvgIpc) is 3.60. The van der Waals surface area contributed by atoms with Crippen LogP contribution in [-0.4, -0.2) is 26.6 Å². The van der Waals surface area contributed by atoms with E-state index in [4.69, 9.17) is 14.9 Å². The molecule has 0 saturated heterocycles. The third-order valence-corrected chi connectivity index (χ3v) is 7.29. The van der Waals surface area contributed by atoms with Crippen molar-refractivity contribution in [3.8, 4) is 16.9 Å². The maximum atomic E-state index is 13.7. The van der Waals surface area contributed by atoms with Crippen LogP contribution in [0.25, 0.3) is 21.3 Å². The van der Waals surface area contributed by atoms with Crippen LogP contribution in [-0.2, 0) is 19.8 Å². The molecule has 0 fully saturated rings. The standard InChI is InChI=1S/C27H22F3N5O4S/c1-13-5-4-6-15(9-13)38-12-16-7-8-19(39-16)25(37)34-22-21-17(18-11-32-35(3)14(18)2)10-20(27(28,29)30)33-26(21)40-23(22)24(31)36/h4-11H,12H2,1-3H3,(H2,31,36)(H,34,37). The van der Waals surface area contributed by atoms with E-state index in [-0.39, 0.29) is 38.7 Å². The first-order valence-electron chi connectivity index (χ1n) is 11.9. The molecular formula is C27H22F3N5O4S. The number of aromatic nitrogens is 3. The van der Waals surface area contributed by atoms with Crippen molar-refractivity contribution in [3.63, 3.8) is 0 Å². The number of hydrogen-bond donors (Lipinski definition) is 2. The van der Waals surface area contributed by atoms with Crippen molar-refractivity contribution in [3.05, 3.63) is 82.0 Å². The molecule has 206 valence electrons. The number of furan rings is 1. The summed E-state index contributed by atoms with van der Waals surface area (Å²) in [4.78, 5) is 29.0. The van der Waals surface area contributed by atoms with E-state index in [1.54, 1.807) is 26.1 Å². The van der Waals surface area contributed by atoms with Gasteiger partial charge in [0.05, 0.1) is 11.9 Å². The molecule has 0 spiro atoms. The van der Waals surface area contributed by atoms with Gasteiger partial charge in [-0.25, -0.2) is 4.98 Å². The number of primary amides is 1. The van der Waals surface area contributed by atoms with Crippen LogP contribution in [0.2, 0.25) is 0 Å². The number of benzene rings is 1. The van der Waals surface area contributed by atoms with E-state index in [1.165, 1.54) is 16.9 Å². The van der Waals surface area contributed by atoms with E-state index in [0.717, 1.165) is 11.6 Å². The Bertz CT molecular complexity index is 1770. The largest absolute Gasteiger partial charge is 0.486 e. The number of hydrogen-bond acceptors (Lipinski definition) is 7. The van der Waals surface area contributed by atoms with Crippen LogP contribution < -0.4 is 15.8 Å². The SMILES string of the molecule is Cc1cccc(OCc2ccc(C(=O)Nc3c(C(N)=O)sc4nc(C(F)(F)F)cc(-c5cnn(C)c5C)c34)o2)c1. The van der Waals surface area contributed by atoms with Crippen molar-refractivity contribution in [2.75, 3.05) is 5.32 Å². The maximum absolute atomic E-state index is 13.7. The zero-order chi connectivity index (χ0) is 28.8. The Morgan fingerprint density at radius 2 is 1.93 bits per heavy atom. The van der Waals surface area contributed by atoms with Gasteiger partial charge in [-0.3, -0.25) is 14.3 Å². The van der Waals surface area contributed by atoms with Crippen molar-refractivity contribution in [1.29, 1.82) is 0 Å². The third kappa shape index (κ3) is 5.15. The minimum Gasteiger partial charge on any atom is -0.486 e. The highest BCUT2D eigenvalue weighted by Gasteiger charge is 2.35. The van der Waals surface area contributed by atoms with Crippen LogP contribution >= 0.6 is 11.3 Å². The molecule has 0 aliphatic carbocycles. The lowest BCUT2D eigenvalue weighted by Crippen LogP contribution is -2.16. The Balaban J connectivity index is 1.53. The molecule has 0 aliphatic heterocycles. The zero-order valence-corrected chi connectivity index (χ0v) is 22.2. The Hall–Kier alpha value is -4.65. The first kappa shape index (κ1) is 26.9. The number of nitrogens with zero attached hydrogens (tertiary/aromatic N) is 3. The van der Waals surface area contributed by atoms with Crippen molar-refractivity contribution in [2.45, 2.75) is 26.6 Å². The van der Waals surface area contributed by atoms with Gasteiger partial charge in [-0.1, -0.05) is 12.1 Å².